The summed E-state index contributed by atoms with van der Waals surface area (Å²) in [7, 11) is -0.545. The Bertz CT molecular complexity index is 2250. The lowest BCUT2D eigenvalue weighted by molar-refractivity contribution is 0.00578. The van der Waals surface area contributed by atoms with Gasteiger partial charge in [0, 0.05) is 16.7 Å². The van der Waals surface area contributed by atoms with Gasteiger partial charge in [-0.2, -0.15) is 0 Å². The molecule has 51 heavy (non-hydrogen) atoms. The molecule has 1 aliphatic heterocycles. The van der Waals surface area contributed by atoms with E-state index in [1.165, 1.54) is 0 Å². The number of rotatable bonds is 7. The molecule has 0 saturated carbocycles. The van der Waals surface area contributed by atoms with Crippen molar-refractivity contribution in [1.29, 1.82) is 0 Å². The first kappa shape index (κ1) is 32.5. The number of hydrogen-bond donors (Lipinski definition) is 0. The Kier molecular flexibility index (Phi) is 8.43. The minimum atomic E-state index is -0.545. The van der Waals surface area contributed by atoms with Crippen LogP contribution >= 0.6 is 0 Å². The van der Waals surface area contributed by atoms with Crippen LogP contribution in [0.25, 0.3) is 67.5 Å². The van der Waals surface area contributed by atoms with E-state index in [9.17, 15) is 0 Å². The number of benzene rings is 6. The van der Waals surface area contributed by atoms with Crippen molar-refractivity contribution >= 4 is 12.6 Å². The monoisotopic (exact) mass is 663 g/mol. The lowest BCUT2D eigenvalue weighted by Crippen LogP contribution is -2.41. The van der Waals surface area contributed by atoms with Gasteiger partial charge in [-0.05, 0) is 72.6 Å². The molecule has 1 aromatic heterocycles. The molecular formula is C45H38BN3O2. The topological polar surface area (TPSA) is 57.1 Å². The Morgan fingerprint density at radius 3 is 1.20 bits per heavy atom. The van der Waals surface area contributed by atoms with E-state index in [2.05, 4.69) is 113 Å². The van der Waals surface area contributed by atoms with Crippen molar-refractivity contribution in [2.75, 3.05) is 0 Å². The minimum Gasteiger partial charge on any atom is -0.399 e. The largest absolute Gasteiger partial charge is 0.494 e. The summed E-state index contributed by atoms with van der Waals surface area (Å²) < 4.78 is 13.3. The highest BCUT2D eigenvalue weighted by Gasteiger charge is 2.51. The standard InChI is InChI=1S/C45H38BN3O2/c1-44(2)45(3,4)51-46(50-44)36-29-34(38-25-15-14-24-37(38)31-18-8-5-9-19-31)28-35(30-36)39-26-16-17-27-40(39)43-48-41(32-20-10-6-11-21-32)47-42(49-43)33-22-12-7-13-23-33/h5-30H,1-4H3. The van der Waals surface area contributed by atoms with Gasteiger partial charge in [0.25, 0.3) is 0 Å². The van der Waals surface area contributed by atoms with E-state index >= 15 is 0 Å². The molecule has 248 valence electrons. The van der Waals surface area contributed by atoms with E-state index in [4.69, 9.17) is 24.3 Å². The summed E-state index contributed by atoms with van der Waals surface area (Å²) in [5, 5.41) is 0. The summed E-state index contributed by atoms with van der Waals surface area (Å²) in [5.74, 6) is 1.85. The van der Waals surface area contributed by atoms with Gasteiger partial charge in [-0.25, -0.2) is 15.0 Å². The van der Waals surface area contributed by atoms with Crippen LogP contribution in [0.5, 0.6) is 0 Å². The fourth-order valence-electron chi connectivity index (χ4n) is 6.54. The maximum atomic E-state index is 6.64. The summed E-state index contributed by atoms with van der Waals surface area (Å²) in [5.41, 5.74) is 9.25. The maximum Gasteiger partial charge on any atom is 0.494 e. The van der Waals surface area contributed by atoms with Crippen LogP contribution in [0.1, 0.15) is 27.7 Å². The molecule has 0 unspecified atom stereocenters. The second-order valence-corrected chi connectivity index (χ2v) is 13.9. The Morgan fingerprint density at radius 2 is 0.725 bits per heavy atom. The van der Waals surface area contributed by atoms with Crippen molar-refractivity contribution < 1.29 is 9.31 Å². The molecule has 6 aromatic carbocycles. The Labute approximate surface area is 300 Å². The Balaban J connectivity index is 1.33. The third-order valence-electron chi connectivity index (χ3n) is 9.98. The van der Waals surface area contributed by atoms with Crippen LogP contribution in [-0.4, -0.2) is 33.3 Å². The van der Waals surface area contributed by atoms with E-state index in [1.807, 2.05) is 72.8 Å². The lowest BCUT2D eigenvalue weighted by atomic mass is 9.75. The first-order chi connectivity index (χ1) is 24.8. The molecule has 8 rings (SSSR count). The van der Waals surface area contributed by atoms with Gasteiger partial charge in [0.05, 0.1) is 11.2 Å². The van der Waals surface area contributed by atoms with Crippen LogP contribution in [0, 0.1) is 0 Å². The molecular weight excluding hydrogens is 625 g/mol. The van der Waals surface area contributed by atoms with E-state index in [1.54, 1.807) is 0 Å². The Hall–Kier alpha value is -5.69. The van der Waals surface area contributed by atoms with Crippen LogP contribution in [0.15, 0.2) is 158 Å². The fourth-order valence-corrected chi connectivity index (χ4v) is 6.54. The van der Waals surface area contributed by atoms with Gasteiger partial charge >= 0.3 is 7.12 Å². The van der Waals surface area contributed by atoms with Crippen LogP contribution in [0.4, 0.5) is 0 Å². The third kappa shape index (κ3) is 6.40. The highest BCUT2D eigenvalue weighted by molar-refractivity contribution is 6.62. The first-order valence-corrected chi connectivity index (χ1v) is 17.4. The summed E-state index contributed by atoms with van der Waals surface area (Å²) in [4.78, 5) is 15.1. The van der Waals surface area contributed by atoms with Gasteiger partial charge in [0.1, 0.15) is 0 Å². The average molecular weight is 664 g/mol. The second kappa shape index (κ2) is 13.2. The summed E-state index contributed by atoms with van der Waals surface area (Å²) in [6.07, 6.45) is 0. The predicted molar refractivity (Wildman–Crippen MR) is 208 cm³/mol. The molecule has 7 aromatic rings. The van der Waals surface area contributed by atoms with Crippen molar-refractivity contribution in [2.45, 2.75) is 38.9 Å². The van der Waals surface area contributed by atoms with Crippen molar-refractivity contribution in [2.24, 2.45) is 0 Å². The molecule has 1 fully saturated rings. The van der Waals surface area contributed by atoms with Crippen molar-refractivity contribution in [3.63, 3.8) is 0 Å². The van der Waals surface area contributed by atoms with Crippen molar-refractivity contribution in [3.05, 3.63) is 158 Å². The highest BCUT2D eigenvalue weighted by atomic mass is 16.7. The summed E-state index contributed by atoms with van der Waals surface area (Å²) in [6.45, 7) is 8.36. The lowest BCUT2D eigenvalue weighted by Gasteiger charge is -2.32. The van der Waals surface area contributed by atoms with Crippen molar-refractivity contribution in [1.82, 2.24) is 15.0 Å². The number of aromatic nitrogens is 3. The molecule has 5 nitrogen and oxygen atoms in total. The first-order valence-electron chi connectivity index (χ1n) is 17.4. The molecule has 0 radical (unpaired) electrons. The fraction of sp³-hybridized carbons (Fsp3) is 0.133. The molecule has 0 atom stereocenters. The van der Waals surface area contributed by atoms with Gasteiger partial charge in [0.15, 0.2) is 17.5 Å². The molecule has 0 N–H and O–H groups in total. The van der Waals surface area contributed by atoms with Crippen LogP contribution < -0.4 is 5.46 Å². The van der Waals surface area contributed by atoms with Gasteiger partial charge in [-0.1, -0.05) is 152 Å². The molecule has 0 aliphatic carbocycles. The molecule has 0 bridgehead atoms. The van der Waals surface area contributed by atoms with E-state index < -0.39 is 18.3 Å². The SMILES string of the molecule is CC1(C)OB(c2cc(-c3ccccc3-c3ccccc3)cc(-c3ccccc3-c3nc(-c4ccccc4)nc(-c4ccccc4)n3)c2)OC1(C)C. The molecule has 1 saturated heterocycles. The van der Waals surface area contributed by atoms with Crippen LogP contribution in [-0.2, 0) is 9.31 Å². The molecule has 0 amide bonds. The zero-order chi connectivity index (χ0) is 35.0. The normalized spacial score (nSPS) is 14.8. The molecule has 6 heteroatoms. The van der Waals surface area contributed by atoms with Gasteiger partial charge in [-0.15, -0.1) is 0 Å². The predicted octanol–water partition coefficient (Wildman–Crippen LogP) is 10.2. The summed E-state index contributed by atoms with van der Waals surface area (Å²) >= 11 is 0. The van der Waals surface area contributed by atoms with Gasteiger partial charge < -0.3 is 9.31 Å². The maximum absolute atomic E-state index is 6.64. The quantitative estimate of drug-likeness (QED) is 0.159. The average Bonchev–Trinajstić information content (AvgIpc) is 3.41. The van der Waals surface area contributed by atoms with E-state index in [-0.39, 0.29) is 0 Å². The Morgan fingerprint density at radius 1 is 0.373 bits per heavy atom. The molecule has 0 spiro atoms. The smallest absolute Gasteiger partial charge is 0.399 e. The summed E-state index contributed by atoms with van der Waals surface area (Å²) in [6, 6.07) is 54.2. The minimum absolute atomic E-state index is 0.486. The van der Waals surface area contributed by atoms with E-state index in [0.29, 0.717) is 17.5 Å². The second-order valence-electron chi connectivity index (χ2n) is 13.9. The number of nitrogens with zero attached hydrogens (tertiary/aromatic N) is 3. The van der Waals surface area contributed by atoms with Crippen LogP contribution in [0.2, 0.25) is 0 Å². The zero-order valence-electron chi connectivity index (χ0n) is 29.2. The molecule has 2 heterocycles. The number of hydrogen-bond acceptors (Lipinski definition) is 5. The van der Waals surface area contributed by atoms with E-state index in [0.717, 1.165) is 55.5 Å². The third-order valence-corrected chi connectivity index (χ3v) is 9.98. The van der Waals surface area contributed by atoms with Crippen LogP contribution in [0.3, 0.4) is 0 Å². The molecule has 1 aliphatic rings. The van der Waals surface area contributed by atoms with Gasteiger partial charge in [0.2, 0.25) is 0 Å². The van der Waals surface area contributed by atoms with Gasteiger partial charge in [-0.3, -0.25) is 0 Å². The zero-order valence-corrected chi connectivity index (χ0v) is 29.2. The highest BCUT2D eigenvalue weighted by Crippen LogP contribution is 2.40. The van der Waals surface area contributed by atoms with Crippen molar-refractivity contribution in [3.8, 4) is 67.5 Å².